The predicted molar refractivity (Wildman–Crippen MR) is 176 cm³/mol. The molecule has 7 heterocycles. The van der Waals surface area contributed by atoms with E-state index < -0.39 is 103 Å². The molecule has 3 aromatic heterocycles. The van der Waals surface area contributed by atoms with Gasteiger partial charge < -0.3 is 69.9 Å². The number of phosphoric acid groups is 3. The lowest BCUT2D eigenvalue weighted by Gasteiger charge is -2.33. The Morgan fingerprint density at radius 3 is 2.36 bits per heavy atom. The molecule has 4 aliphatic heterocycles. The summed E-state index contributed by atoms with van der Waals surface area (Å²) in [6, 6.07) is 3.03. The average molecular weight is 850 g/mol. The van der Waals surface area contributed by atoms with E-state index in [0.717, 1.165) is 17.2 Å². The van der Waals surface area contributed by atoms with Crippen LogP contribution >= 0.6 is 23.5 Å². The lowest BCUT2D eigenvalue weighted by atomic mass is 9.86. The number of phosphoric ester groups is 3. The third-order valence-electron chi connectivity index (χ3n) is 9.08. The van der Waals surface area contributed by atoms with Crippen molar-refractivity contribution in [2.45, 2.75) is 54.8 Å². The van der Waals surface area contributed by atoms with Gasteiger partial charge in [-0.1, -0.05) is 6.08 Å². The highest BCUT2D eigenvalue weighted by atomic mass is 31.3. The molecular weight excluding hydrogens is 817 g/mol. The van der Waals surface area contributed by atoms with E-state index in [-0.39, 0.29) is 22.6 Å². The van der Waals surface area contributed by atoms with Gasteiger partial charge in [0.1, 0.15) is 48.5 Å². The van der Waals surface area contributed by atoms with Gasteiger partial charge in [0.25, 0.3) is 13.7 Å². The van der Waals surface area contributed by atoms with Gasteiger partial charge >= 0.3 is 15.6 Å². The lowest BCUT2D eigenvalue weighted by Crippen LogP contribution is -2.43. The summed E-state index contributed by atoms with van der Waals surface area (Å²) >= 11 is 0. The fourth-order valence-electron chi connectivity index (χ4n) is 6.50. The van der Waals surface area contributed by atoms with Crippen molar-refractivity contribution in [2.24, 2.45) is 5.92 Å². The van der Waals surface area contributed by atoms with E-state index in [1.165, 1.54) is 47.9 Å². The Hall–Kier alpha value is -3.62. The van der Waals surface area contributed by atoms with E-state index in [0.29, 0.717) is 5.56 Å². The average Bonchev–Trinajstić information content (AvgIpc) is 3.85. The first-order valence-corrected chi connectivity index (χ1v) is 20.5. The van der Waals surface area contributed by atoms with Gasteiger partial charge in [-0.2, -0.15) is 0 Å². The number of imidazole rings is 1. The maximum Gasteiger partial charge on any atom is 0.478 e. The highest BCUT2D eigenvalue weighted by molar-refractivity contribution is 7.60. The molecule has 1 amide bonds. The predicted octanol–water partition coefficient (Wildman–Crippen LogP) is -3.09. The molecule has 0 bridgehead atoms. The molecule has 4 unspecified atom stereocenters. The number of aromatic nitrogens is 5. The van der Waals surface area contributed by atoms with E-state index in [4.69, 9.17) is 24.3 Å². The molecule has 56 heavy (non-hydrogen) atoms. The quantitative estimate of drug-likeness (QED) is 0.0770. The number of fused-ring (bicyclic) bond motifs is 2. The number of ether oxygens (including phenoxy) is 2. The second kappa shape index (κ2) is 15.0. The minimum absolute atomic E-state index is 0.0135. The van der Waals surface area contributed by atoms with Crippen LogP contribution in [0.1, 0.15) is 11.8 Å². The molecule has 0 aliphatic carbocycles. The topological polar surface area (TPSA) is 386 Å². The highest BCUT2D eigenvalue weighted by Crippen LogP contribution is 2.59. The van der Waals surface area contributed by atoms with Gasteiger partial charge in [0.2, 0.25) is 0 Å². The van der Waals surface area contributed by atoms with Crippen LogP contribution in [0.5, 0.6) is 0 Å². The lowest BCUT2D eigenvalue weighted by molar-refractivity contribution is -0.221. The summed E-state index contributed by atoms with van der Waals surface area (Å²) in [5.41, 5.74) is 4.41. The summed E-state index contributed by atoms with van der Waals surface area (Å²) in [6.45, 7) is -2.18. The first-order valence-electron chi connectivity index (χ1n) is 16.1. The molecule has 304 valence electrons. The molecule has 3 saturated heterocycles. The number of nitrogen functional groups attached to an aromatic ring is 1. The van der Waals surface area contributed by atoms with Crippen molar-refractivity contribution >= 4 is 46.4 Å². The summed E-state index contributed by atoms with van der Waals surface area (Å²) in [6.07, 6.45) is -4.59. The summed E-state index contributed by atoms with van der Waals surface area (Å²) in [7, 11) is -16.7. The number of aliphatic hydroxyl groups is 4. The van der Waals surface area contributed by atoms with Gasteiger partial charge in [-0.05, 0) is 12.1 Å². The zero-order valence-corrected chi connectivity index (χ0v) is 30.7. The van der Waals surface area contributed by atoms with Gasteiger partial charge in [0.05, 0.1) is 25.5 Å². The van der Waals surface area contributed by atoms with Crippen molar-refractivity contribution < 1.29 is 85.8 Å². The van der Waals surface area contributed by atoms with Crippen molar-refractivity contribution in [3.8, 4) is 0 Å². The smallest absolute Gasteiger partial charge is 0.478 e. The second-order valence-corrected chi connectivity index (χ2v) is 16.8. The zero-order valence-electron chi connectivity index (χ0n) is 28.0. The van der Waals surface area contributed by atoms with Crippen LogP contribution in [0.2, 0.25) is 0 Å². The number of anilines is 1. The van der Waals surface area contributed by atoms with Crippen LogP contribution in [0, 0.1) is 5.92 Å². The van der Waals surface area contributed by atoms with E-state index in [9.17, 15) is 58.5 Å². The number of hydrogen-bond acceptors (Lipinski definition) is 21. The van der Waals surface area contributed by atoms with Gasteiger partial charge in [-0.3, -0.25) is 28.0 Å². The molecule has 12 atom stereocenters. The van der Waals surface area contributed by atoms with Crippen LogP contribution in [-0.4, -0.2) is 126 Å². The minimum Gasteiger partial charge on any atom is -0.756 e. The standard InChI is InChI=1S/C27H33N8O18P3/c28-22-17-23(31-10-30-22)35(11-32-17)26-21(52-54(41,42)43)19(37)16(51-26)9-49-56(46,47)53-55(44,45)48-8-15-18(36)20(38)25(50-15)34-6-3-14-13(7-34)24(39)33-27(14,40)12-1-4-29-5-2-12/h1-7,10-11,14-16,18-21,25-26,36-38,40H,8-9H2,(H,33,39)(H,44,45)(H,46,47)(H2,28,30,31)(H2,41,42,43)/p-1/t14?,15-,16-,18-,19-,20-,21-,25-,26-,27?/m1/s1. The SMILES string of the molecule is Nc1ncnc2c1ncn2[C@@H]1O[C@H](COP(=O)(O)OP(=O)([O-])OC[C@H]2O[C@@H](N3C=CC4C(=C3)C(=O)NC4(O)c3ccncc3)[C@H](O)[C@@H]2O)[C@@H](O)[C@H]1OP(=O)(O)O. The summed E-state index contributed by atoms with van der Waals surface area (Å²) in [5.74, 6) is -1.59. The molecular formula is C27H32N8O18P3-. The van der Waals surface area contributed by atoms with E-state index in [1.54, 1.807) is 0 Å². The van der Waals surface area contributed by atoms with E-state index in [2.05, 4.69) is 34.1 Å². The maximum absolute atomic E-state index is 12.8. The van der Waals surface area contributed by atoms with Crippen molar-refractivity contribution in [2.75, 3.05) is 18.9 Å². The number of pyridine rings is 1. The van der Waals surface area contributed by atoms with E-state index >= 15 is 0 Å². The molecule has 7 rings (SSSR count). The number of hydrogen-bond donors (Lipinski definition) is 9. The fourth-order valence-corrected chi connectivity index (χ4v) is 9.10. The van der Waals surface area contributed by atoms with Crippen molar-refractivity contribution in [3.63, 3.8) is 0 Å². The number of carbonyl (C=O) groups excluding carboxylic acids is 1. The number of nitrogens with zero attached hydrogens (tertiary/aromatic N) is 6. The minimum atomic E-state index is -5.79. The molecule has 0 saturated carbocycles. The number of amides is 1. The van der Waals surface area contributed by atoms with Crippen molar-refractivity contribution in [3.05, 3.63) is 66.8 Å². The van der Waals surface area contributed by atoms with Crippen LogP contribution in [0.25, 0.3) is 11.2 Å². The van der Waals surface area contributed by atoms with Gasteiger partial charge in [-0.15, -0.1) is 0 Å². The molecule has 29 heteroatoms. The Balaban J connectivity index is 0.959. The normalized spacial score (nSPS) is 33.9. The van der Waals surface area contributed by atoms with Crippen LogP contribution in [-0.2, 0) is 51.6 Å². The molecule has 0 radical (unpaired) electrons. The van der Waals surface area contributed by atoms with Gasteiger partial charge in [0, 0.05) is 35.9 Å². The largest absolute Gasteiger partial charge is 0.756 e. The maximum atomic E-state index is 12.8. The number of nitrogens with two attached hydrogens (primary N) is 1. The van der Waals surface area contributed by atoms with Gasteiger partial charge in [0.15, 0.2) is 29.6 Å². The Morgan fingerprint density at radius 2 is 1.64 bits per heavy atom. The molecule has 10 N–H and O–H groups in total. The molecule has 26 nitrogen and oxygen atoms in total. The first-order chi connectivity index (χ1) is 26.3. The Morgan fingerprint density at radius 1 is 0.964 bits per heavy atom. The summed E-state index contributed by atoms with van der Waals surface area (Å²) in [5, 5.41) is 46.0. The number of aliphatic hydroxyl groups excluding tert-OH is 3. The van der Waals surface area contributed by atoms with Crippen LogP contribution in [0.15, 0.2) is 61.2 Å². The van der Waals surface area contributed by atoms with Crippen molar-refractivity contribution in [1.29, 1.82) is 0 Å². The third-order valence-corrected chi connectivity index (χ3v) is 12.2. The molecule has 3 fully saturated rings. The molecule has 3 aromatic rings. The Kier molecular flexibility index (Phi) is 10.8. The molecule has 0 aromatic carbocycles. The molecule has 0 spiro atoms. The number of carbonyl (C=O) groups is 1. The number of nitrogens with one attached hydrogen (secondary N) is 1. The fraction of sp³-hybridized carbons (Fsp3) is 0.444. The first kappa shape index (κ1) is 40.6. The monoisotopic (exact) mass is 849 g/mol. The Labute approximate surface area is 313 Å². The summed E-state index contributed by atoms with van der Waals surface area (Å²) in [4.78, 5) is 71.3. The van der Waals surface area contributed by atoms with Crippen LogP contribution < -0.4 is 15.9 Å². The molecule has 4 aliphatic rings. The highest BCUT2D eigenvalue weighted by Gasteiger charge is 2.53. The van der Waals surface area contributed by atoms with Crippen LogP contribution in [0.3, 0.4) is 0 Å². The van der Waals surface area contributed by atoms with Crippen molar-refractivity contribution in [1.82, 2.24) is 34.7 Å². The summed E-state index contributed by atoms with van der Waals surface area (Å²) < 4.78 is 67.5. The third kappa shape index (κ3) is 7.94. The second-order valence-electron chi connectivity index (χ2n) is 12.6. The van der Waals surface area contributed by atoms with Gasteiger partial charge in [-0.25, -0.2) is 28.4 Å². The number of rotatable bonds is 13. The van der Waals surface area contributed by atoms with Crippen LogP contribution in [0.4, 0.5) is 5.82 Å². The van der Waals surface area contributed by atoms with E-state index in [1.807, 2.05) is 0 Å². The Bertz CT molecular complexity index is 2190. The zero-order chi connectivity index (χ0) is 40.4.